The van der Waals surface area contributed by atoms with Gasteiger partial charge in [-0.1, -0.05) is 29.3 Å². The fourth-order valence-corrected chi connectivity index (χ4v) is 5.75. The van der Waals surface area contributed by atoms with Gasteiger partial charge in [-0.25, -0.2) is 14.6 Å². The van der Waals surface area contributed by atoms with Crippen molar-refractivity contribution in [3.05, 3.63) is 45.7 Å². The van der Waals surface area contributed by atoms with Gasteiger partial charge >= 0.3 is 0 Å². The van der Waals surface area contributed by atoms with E-state index in [2.05, 4.69) is 26.0 Å². The van der Waals surface area contributed by atoms with Crippen LogP contribution in [-0.2, 0) is 0 Å². The second-order valence-electron chi connectivity index (χ2n) is 9.24. The Morgan fingerprint density at radius 3 is 2.79 bits per heavy atom. The van der Waals surface area contributed by atoms with Crippen LogP contribution in [0.25, 0.3) is 11.2 Å². The number of nitrogens with zero attached hydrogens (tertiary/aromatic N) is 7. The highest BCUT2D eigenvalue weighted by Crippen LogP contribution is 2.35. The van der Waals surface area contributed by atoms with Gasteiger partial charge in [0.1, 0.15) is 17.4 Å². The van der Waals surface area contributed by atoms with Gasteiger partial charge in [0, 0.05) is 36.2 Å². The molecule has 2 aliphatic heterocycles. The lowest BCUT2D eigenvalue weighted by Crippen LogP contribution is -2.54. The summed E-state index contributed by atoms with van der Waals surface area (Å²) in [5.74, 6) is 2.06. The van der Waals surface area contributed by atoms with Gasteiger partial charge in [-0.05, 0) is 55.8 Å². The molecule has 34 heavy (non-hydrogen) atoms. The van der Waals surface area contributed by atoms with Crippen LogP contribution in [0, 0.1) is 23.2 Å². The molecular formula is C24H27Cl2N7O. The van der Waals surface area contributed by atoms with E-state index in [-0.39, 0.29) is 18.3 Å². The maximum atomic E-state index is 9.60. The topological polar surface area (TPSA) is 94.1 Å². The van der Waals surface area contributed by atoms with Crippen molar-refractivity contribution in [2.45, 2.75) is 25.8 Å². The number of aromatic nitrogens is 4. The lowest BCUT2D eigenvalue weighted by molar-refractivity contribution is 0.101. The highest BCUT2D eigenvalue weighted by atomic mass is 35.5. The fourth-order valence-electron chi connectivity index (χ4n) is 5.19. The Kier molecular flexibility index (Phi) is 6.63. The predicted molar refractivity (Wildman–Crippen MR) is 132 cm³/mol. The number of likely N-dealkylation sites (tertiary alicyclic amines) is 1. The zero-order valence-corrected chi connectivity index (χ0v) is 20.5. The third-order valence-corrected chi connectivity index (χ3v) is 7.70. The molecule has 1 aromatic carbocycles. The first kappa shape index (κ1) is 23.3. The Balaban J connectivity index is 1.38. The molecule has 0 saturated carbocycles. The molecule has 2 aromatic heterocycles. The smallest absolute Gasteiger partial charge is 0.190 e. The molecule has 0 amide bonds. The largest absolute Gasteiger partial charge is 0.395 e. The molecule has 3 aromatic rings. The molecule has 0 aliphatic carbocycles. The highest BCUT2D eigenvalue weighted by molar-refractivity contribution is 6.35. The minimum absolute atomic E-state index is 0.219. The SMILES string of the molecule is CC(c1ccc(Cl)cc1Cl)n1nc(C#N)c2ncc(N3CC([C@H]4CCCN(CCO)C4)C3)nc21. The molecular weight excluding hydrogens is 473 g/mol. The maximum absolute atomic E-state index is 9.60. The number of halogens is 2. The molecule has 4 heterocycles. The number of rotatable bonds is 6. The number of aliphatic hydroxyl groups is 1. The first-order valence-electron chi connectivity index (χ1n) is 11.7. The molecule has 2 aliphatic rings. The lowest BCUT2D eigenvalue weighted by Gasteiger charge is -2.47. The van der Waals surface area contributed by atoms with Gasteiger partial charge in [-0.2, -0.15) is 10.4 Å². The Bertz CT molecular complexity index is 1230. The quantitative estimate of drug-likeness (QED) is 0.551. The van der Waals surface area contributed by atoms with E-state index in [1.165, 1.54) is 12.8 Å². The molecule has 0 radical (unpaired) electrons. The Hall–Kier alpha value is -2.44. The Labute approximate surface area is 208 Å². The third-order valence-electron chi connectivity index (χ3n) is 7.13. The van der Waals surface area contributed by atoms with Crippen LogP contribution in [0.3, 0.4) is 0 Å². The van der Waals surface area contributed by atoms with Crippen LogP contribution in [0.15, 0.2) is 24.4 Å². The molecule has 1 N–H and O–H groups in total. The summed E-state index contributed by atoms with van der Waals surface area (Å²) in [5, 5.41) is 24.5. The van der Waals surface area contributed by atoms with Gasteiger partial charge in [-0.15, -0.1) is 0 Å². The monoisotopic (exact) mass is 499 g/mol. The molecule has 0 bridgehead atoms. The van der Waals surface area contributed by atoms with E-state index >= 15 is 0 Å². The normalized spacial score (nSPS) is 20.3. The molecule has 178 valence electrons. The van der Waals surface area contributed by atoms with Crippen molar-refractivity contribution in [1.82, 2.24) is 24.6 Å². The first-order chi connectivity index (χ1) is 16.5. The van der Waals surface area contributed by atoms with Gasteiger partial charge < -0.3 is 14.9 Å². The van der Waals surface area contributed by atoms with Gasteiger partial charge in [0.2, 0.25) is 0 Å². The molecule has 8 nitrogen and oxygen atoms in total. The average molecular weight is 500 g/mol. The van der Waals surface area contributed by atoms with Crippen LogP contribution in [0.1, 0.15) is 37.1 Å². The van der Waals surface area contributed by atoms with Crippen molar-refractivity contribution < 1.29 is 5.11 Å². The molecule has 5 rings (SSSR count). The standard InChI is InChI=1S/C24H27Cl2N7O/c1-15(19-5-4-18(25)9-20(19)26)33-24-23(21(10-27)30-33)28-11-22(29-24)32-13-17(14-32)16-3-2-6-31(12-16)7-8-34/h4-5,9,11,15-17,34H,2-3,6-8,12-14H2,1H3/t15?,16-/m0/s1. The van der Waals surface area contributed by atoms with E-state index in [9.17, 15) is 10.4 Å². The van der Waals surface area contributed by atoms with Crippen LogP contribution in [0.2, 0.25) is 10.0 Å². The number of piperidine rings is 1. The van der Waals surface area contributed by atoms with Crippen molar-refractivity contribution in [1.29, 1.82) is 5.26 Å². The summed E-state index contributed by atoms with van der Waals surface area (Å²) >= 11 is 12.5. The zero-order chi connectivity index (χ0) is 23.8. The zero-order valence-electron chi connectivity index (χ0n) is 19.0. The highest BCUT2D eigenvalue weighted by Gasteiger charge is 2.36. The summed E-state index contributed by atoms with van der Waals surface area (Å²) in [5.41, 5.74) is 2.16. The summed E-state index contributed by atoms with van der Waals surface area (Å²) in [6.07, 6.45) is 4.17. The van der Waals surface area contributed by atoms with Gasteiger partial charge in [0.15, 0.2) is 11.3 Å². The molecule has 2 atom stereocenters. The number of hydrogen-bond donors (Lipinski definition) is 1. The fraction of sp³-hybridized carbons (Fsp3) is 0.500. The molecule has 2 saturated heterocycles. The average Bonchev–Trinajstić information content (AvgIpc) is 3.16. The lowest BCUT2D eigenvalue weighted by atomic mass is 9.80. The summed E-state index contributed by atoms with van der Waals surface area (Å²) < 4.78 is 1.73. The second kappa shape index (κ2) is 9.67. The number of β-amino-alcohol motifs (C(OH)–C–C–N with tert-alkyl or cyclic N) is 1. The van der Waals surface area contributed by atoms with Crippen LogP contribution in [-0.4, -0.2) is 69.1 Å². The van der Waals surface area contributed by atoms with Crippen molar-refractivity contribution >= 4 is 40.2 Å². The molecule has 10 heteroatoms. The maximum Gasteiger partial charge on any atom is 0.190 e. The molecule has 1 unspecified atom stereocenters. The summed E-state index contributed by atoms with van der Waals surface area (Å²) in [6, 6.07) is 7.26. The van der Waals surface area contributed by atoms with Gasteiger partial charge in [0.05, 0.1) is 18.8 Å². The van der Waals surface area contributed by atoms with E-state index in [0.29, 0.717) is 33.0 Å². The number of fused-ring (bicyclic) bond motifs is 1. The van der Waals surface area contributed by atoms with E-state index in [0.717, 1.165) is 44.1 Å². The molecule has 0 spiro atoms. The summed E-state index contributed by atoms with van der Waals surface area (Å²) in [6.45, 7) is 6.97. The number of hydrogen-bond acceptors (Lipinski definition) is 7. The Morgan fingerprint density at radius 1 is 1.24 bits per heavy atom. The number of benzene rings is 1. The van der Waals surface area contributed by atoms with E-state index in [4.69, 9.17) is 28.2 Å². The minimum atomic E-state index is -0.247. The summed E-state index contributed by atoms with van der Waals surface area (Å²) in [7, 11) is 0. The van der Waals surface area contributed by atoms with Crippen LogP contribution in [0.4, 0.5) is 5.82 Å². The Morgan fingerprint density at radius 2 is 2.06 bits per heavy atom. The van der Waals surface area contributed by atoms with E-state index in [1.54, 1.807) is 23.0 Å². The first-order valence-corrected chi connectivity index (χ1v) is 12.4. The van der Waals surface area contributed by atoms with Crippen LogP contribution >= 0.6 is 23.2 Å². The van der Waals surface area contributed by atoms with Gasteiger partial charge in [0.25, 0.3) is 0 Å². The van der Waals surface area contributed by atoms with Crippen molar-refractivity contribution in [2.24, 2.45) is 11.8 Å². The van der Waals surface area contributed by atoms with Crippen LogP contribution < -0.4 is 4.90 Å². The second-order valence-corrected chi connectivity index (χ2v) is 10.1. The van der Waals surface area contributed by atoms with Gasteiger partial charge in [-0.3, -0.25) is 0 Å². The number of aliphatic hydroxyl groups excluding tert-OH is 1. The minimum Gasteiger partial charge on any atom is -0.395 e. The van der Waals surface area contributed by atoms with Crippen LogP contribution in [0.5, 0.6) is 0 Å². The number of nitriles is 1. The number of anilines is 1. The van der Waals surface area contributed by atoms with Crippen molar-refractivity contribution in [3.8, 4) is 6.07 Å². The van der Waals surface area contributed by atoms with Crippen molar-refractivity contribution in [2.75, 3.05) is 44.2 Å². The molecule has 2 fully saturated rings. The summed E-state index contributed by atoms with van der Waals surface area (Å²) in [4.78, 5) is 14.1. The van der Waals surface area contributed by atoms with E-state index in [1.807, 2.05) is 13.0 Å². The van der Waals surface area contributed by atoms with E-state index < -0.39 is 0 Å². The predicted octanol–water partition coefficient (Wildman–Crippen LogP) is 3.75. The van der Waals surface area contributed by atoms with Crippen molar-refractivity contribution in [3.63, 3.8) is 0 Å². The third kappa shape index (κ3) is 4.34.